The van der Waals surface area contributed by atoms with E-state index >= 15 is 0 Å². The molecule has 0 atom stereocenters. The summed E-state index contributed by atoms with van der Waals surface area (Å²) in [5.74, 6) is 2.00. The van der Waals surface area contributed by atoms with Crippen LogP contribution in [0.25, 0.3) is 6.08 Å². The first-order chi connectivity index (χ1) is 5.36. The molecule has 1 aromatic carbocycles. The maximum atomic E-state index is 8.43. The first-order valence-corrected chi connectivity index (χ1v) is 3.10. The maximum Gasteiger partial charge on any atom is 0.0918 e. The zero-order valence-electron chi connectivity index (χ0n) is 5.78. The van der Waals surface area contributed by atoms with Crippen LogP contribution < -0.4 is 15.8 Å². The lowest BCUT2D eigenvalue weighted by molar-refractivity contribution is 1.53. The lowest BCUT2D eigenvalue weighted by Gasteiger charge is -1.79. The molecule has 0 bridgehead atoms. The van der Waals surface area contributed by atoms with Gasteiger partial charge in [-0.3, -0.25) is 0 Å². The van der Waals surface area contributed by atoms with Gasteiger partial charge in [0.2, 0.25) is 0 Å². The van der Waals surface area contributed by atoms with Crippen molar-refractivity contribution >= 4 is 11.9 Å². The molecule has 0 heterocycles. The molecule has 0 spiro atoms. The van der Waals surface area contributed by atoms with Crippen LogP contribution in [-0.4, -0.2) is 5.87 Å². The van der Waals surface area contributed by atoms with E-state index in [4.69, 9.17) is 10.7 Å². The largest absolute Gasteiger partial charge is 0.193 e. The Morgan fingerprint density at radius 1 is 1.18 bits per heavy atom. The fourth-order valence-corrected chi connectivity index (χ4v) is 0.728. The minimum Gasteiger partial charge on any atom is -0.193 e. The summed E-state index contributed by atoms with van der Waals surface area (Å²) in [5.41, 5.74) is 0. The smallest absolute Gasteiger partial charge is 0.0918 e. The van der Waals surface area contributed by atoms with Crippen molar-refractivity contribution in [3.05, 3.63) is 34.7 Å². The van der Waals surface area contributed by atoms with E-state index in [1.807, 2.05) is 11.9 Å². The van der Waals surface area contributed by atoms with E-state index in [-0.39, 0.29) is 0 Å². The number of nitrogens with zero attached hydrogens (tertiary/aromatic N) is 2. The Hall–Kier alpha value is -1.84. The lowest BCUT2D eigenvalue weighted by Crippen LogP contribution is -2.07. The molecule has 51 valence electrons. The average Bonchev–Trinajstić information content (AvgIpc) is 2.07. The molecule has 0 saturated carbocycles. The minimum atomic E-state index is 0.611. The molecule has 2 nitrogen and oxygen atoms in total. The third-order valence-corrected chi connectivity index (χ3v) is 1.27. The van der Waals surface area contributed by atoms with Gasteiger partial charge >= 0.3 is 0 Å². The highest BCUT2D eigenvalue weighted by Crippen LogP contribution is 1.67. The summed E-state index contributed by atoms with van der Waals surface area (Å²) < 4.78 is 0. The van der Waals surface area contributed by atoms with Crippen LogP contribution in [0.5, 0.6) is 0 Å². The Bertz CT molecular complexity index is 396. The van der Waals surface area contributed by atoms with Gasteiger partial charge in [0.15, 0.2) is 0 Å². The molecule has 0 amide bonds. The van der Waals surface area contributed by atoms with Gasteiger partial charge in [-0.15, -0.1) is 0 Å². The molecular weight excluding hydrogens is 136 g/mol. The first-order valence-electron chi connectivity index (χ1n) is 3.10. The highest BCUT2D eigenvalue weighted by atomic mass is 14.3. The number of rotatable bonds is 0. The van der Waals surface area contributed by atoms with Crippen LogP contribution in [0.1, 0.15) is 0 Å². The van der Waals surface area contributed by atoms with E-state index in [9.17, 15) is 0 Å². The monoisotopic (exact) mass is 141 g/mol. The van der Waals surface area contributed by atoms with Crippen molar-refractivity contribution in [3.8, 4) is 6.07 Å². The molecule has 0 aliphatic carbocycles. The topological polar surface area (TPSA) is 46.1 Å². The molecule has 0 fully saturated rings. The Morgan fingerprint density at radius 3 is 2.27 bits per heavy atom. The molecule has 0 aliphatic heterocycles. The van der Waals surface area contributed by atoms with Gasteiger partial charge in [-0.1, -0.05) is 17.5 Å². The highest BCUT2D eigenvalue weighted by molar-refractivity contribution is 5.49. The summed E-state index contributed by atoms with van der Waals surface area (Å²) in [6.45, 7) is 0. The summed E-state index contributed by atoms with van der Waals surface area (Å²) in [5, 5.41) is 18.1. The van der Waals surface area contributed by atoms with Crippen LogP contribution in [0.2, 0.25) is 0 Å². The second kappa shape index (κ2) is 3.36. The summed E-state index contributed by atoms with van der Waals surface area (Å²) >= 11 is 0. The molecule has 0 unspecified atom stereocenters. The average molecular weight is 141 g/mol. The predicted molar refractivity (Wildman–Crippen MR) is 42.0 cm³/mol. The van der Waals surface area contributed by atoms with Gasteiger partial charge in [-0.2, -0.15) is 5.26 Å². The van der Waals surface area contributed by atoms with E-state index < -0.39 is 0 Å². The van der Waals surface area contributed by atoms with Crippen LogP contribution in [0.4, 0.5) is 0 Å². The quantitative estimate of drug-likeness (QED) is 0.433. The molecule has 11 heavy (non-hydrogen) atoms. The van der Waals surface area contributed by atoms with E-state index in [1.54, 1.807) is 24.3 Å². The van der Waals surface area contributed by atoms with Crippen LogP contribution in [0.3, 0.4) is 0 Å². The van der Waals surface area contributed by atoms with E-state index in [0.29, 0.717) is 5.22 Å². The van der Waals surface area contributed by atoms with E-state index in [0.717, 1.165) is 5.22 Å². The third kappa shape index (κ3) is 1.79. The van der Waals surface area contributed by atoms with Gasteiger partial charge in [-0.05, 0) is 17.4 Å². The zero-order valence-corrected chi connectivity index (χ0v) is 5.78. The van der Waals surface area contributed by atoms with Crippen molar-refractivity contribution in [2.45, 2.75) is 0 Å². The Morgan fingerprint density at radius 2 is 1.82 bits per heavy atom. The standard InChI is InChI=1S/C9H5N2/c10-6-5-8-1-3-9(7-11)4-2-8/h1-5H. The molecule has 1 rings (SSSR count). The molecule has 2 heteroatoms. The molecular formula is C9H5N2. The second-order valence-electron chi connectivity index (χ2n) is 2.01. The Labute approximate surface area is 64.2 Å². The van der Waals surface area contributed by atoms with Gasteiger partial charge < -0.3 is 0 Å². The van der Waals surface area contributed by atoms with Gasteiger partial charge in [0.05, 0.1) is 6.07 Å². The van der Waals surface area contributed by atoms with Crippen molar-refractivity contribution in [2.24, 2.45) is 0 Å². The SMILES string of the molecule is [N]=C=c1ccc(=CC#N)cc1. The fourth-order valence-electron chi connectivity index (χ4n) is 0.728. The summed E-state index contributed by atoms with van der Waals surface area (Å²) in [6, 6.07) is 8.76. The maximum absolute atomic E-state index is 8.43. The molecule has 1 aromatic rings. The van der Waals surface area contributed by atoms with Crippen LogP contribution in [0.15, 0.2) is 24.3 Å². The van der Waals surface area contributed by atoms with Crippen molar-refractivity contribution in [3.63, 3.8) is 0 Å². The molecule has 0 N–H and O–H groups in total. The molecule has 0 saturated heterocycles. The predicted octanol–water partition coefficient (Wildman–Crippen LogP) is -0.868. The van der Waals surface area contributed by atoms with E-state index in [2.05, 4.69) is 0 Å². The minimum absolute atomic E-state index is 0.611. The van der Waals surface area contributed by atoms with Crippen LogP contribution in [0, 0.1) is 11.3 Å². The van der Waals surface area contributed by atoms with Crippen LogP contribution in [-0.2, 0) is 0 Å². The summed E-state index contributed by atoms with van der Waals surface area (Å²) in [7, 11) is 0. The van der Waals surface area contributed by atoms with Crippen molar-refractivity contribution in [2.75, 3.05) is 0 Å². The molecule has 1 radical (unpaired) electrons. The van der Waals surface area contributed by atoms with Crippen molar-refractivity contribution in [1.29, 1.82) is 5.26 Å². The lowest BCUT2D eigenvalue weighted by atomic mass is 10.2. The summed E-state index contributed by atoms with van der Waals surface area (Å²) in [4.78, 5) is 0. The van der Waals surface area contributed by atoms with E-state index in [1.165, 1.54) is 6.08 Å². The Balaban J connectivity index is 3.36. The molecule has 0 aliphatic rings. The molecule has 0 aromatic heterocycles. The number of nitriles is 1. The highest BCUT2D eigenvalue weighted by Gasteiger charge is 1.77. The summed E-state index contributed by atoms with van der Waals surface area (Å²) in [6.07, 6.45) is 1.43. The van der Waals surface area contributed by atoms with Crippen LogP contribution >= 0.6 is 0 Å². The number of hydrogen-bond acceptors (Lipinski definition) is 1. The van der Waals surface area contributed by atoms with Crippen molar-refractivity contribution < 1.29 is 0 Å². The number of benzene rings is 1. The fraction of sp³-hybridized carbons (Fsp3) is 0. The van der Waals surface area contributed by atoms with Gasteiger partial charge in [0.1, 0.15) is 0 Å². The number of hydrogen-bond donors (Lipinski definition) is 0. The van der Waals surface area contributed by atoms with Crippen molar-refractivity contribution in [1.82, 2.24) is 5.41 Å². The van der Waals surface area contributed by atoms with Gasteiger partial charge in [0, 0.05) is 17.2 Å². The third-order valence-electron chi connectivity index (χ3n) is 1.27. The van der Waals surface area contributed by atoms with Gasteiger partial charge in [0.25, 0.3) is 0 Å². The Kier molecular flexibility index (Phi) is 2.22. The first kappa shape index (κ1) is 7.27. The van der Waals surface area contributed by atoms with Gasteiger partial charge in [-0.25, -0.2) is 0 Å². The zero-order chi connectivity index (χ0) is 8.10. The second-order valence-corrected chi connectivity index (χ2v) is 2.01. The normalized spacial score (nSPS) is 7.91.